The monoisotopic (exact) mass is 169 g/mol. The molecule has 1 heterocycles. The molecule has 0 saturated carbocycles. The van der Waals surface area contributed by atoms with Gasteiger partial charge in [-0.2, -0.15) is 0 Å². The molecule has 0 bridgehead atoms. The first-order valence-corrected chi connectivity index (χ1v) is 4.70. The van der Waals surface area contributed by atoms with E-state index < -0.39 is 0 Å². The van der Waals surface area contributed by atoms with Gasteiger partial charge in [0.05, 0.1) is 0 Å². The molecule has 2 aromatic rings. The van der Waals surface area contributed by atoms with E-state index in [0.717, 1.165) is 13.0 Å². The van der Waals surface area contributed by atoms with E-state index in [1.165, 1.54) is 22.0 Å². The summed E-state index contributed by atoms with van der Waals surface area (Å²) in [5, 5.41) is 6.15. The van der Waals surface area contributed by atoms with Crippen molar-refractivity contribution in [3.8, 4) is 0 Å². The molecule has 1 aliphatic heterocycles. The first-order valence-electron chi connectivity index (χ1n) is 4.70. The van der Waals surface area contributed by atoms with Gasteiger partial charge in [0.15, 0.2) is 0 Å². The van der Waals surface area contributed by atoms with Gasteiger partial charge < -0.3 is 5.32 Å². The van der Waals surface area contributed by atoms with E-state index in [2.05, 4.69) is 41.7 Å². The zero-order valence-electron chi connectivity index (χ0n) is 7.38. The normalized spacial score (nSPS) is 14.2. The van der Waals surface area contributed by atoms with Crippen LogP contribution >= 0.6 is 0 Å². The van der Waals surface area contributed by atoms with Crippen molar-refractivity contribution in [1.82, 2.24) is 0 Å². The van der Waals surface area contributed by atoms with Crippen LogP contribution in [0.1, 0.15) is 5.56 Å². The van der Waals surface area contributed by atoms with Crippen LogP contribution in [-0.2, 0) is 6.42 Å². The average Bonchev–Trinajstić information content (AvgIpc) is 2.65. The number of nitrogens with one attached hydrogen (secondary N) is 1. The molecule has 2 aromatic carbocycles. The minimum absolute atomic E-state index is 1.09. The summed E-state index contributed by atoms with van der Waals surface area (Å²) in [4.78, 5) is 0. The Morgan fingerprint density at radius 3 is 2.92 bits per heavy atom. The predicted octanol–water partition coefficient (Wildman–Crippen LogP) is 2.81. The molecule has 0 atom stereocenters. The van der Waals surface area contributed by atoms with Crippen molar-refractivity contribution in [3.05, 3.63) is 42.0 Å². The lowest BCUT2D eigenvalue weighted by Gasteiger charge is -2.03. The Morgan fingerprint density at radius 2 is 1.92 bits per heavy atom. The lowest BCUT2D eigenvalue weighted by Crippen LogP contribution is -1.90. The SMILES string of the molecule is c1ccc2c3c(ccc2c1)NCC3. The summed E-state index contributed by atoms with van der Waals surface area (Å²) in [6, 6.07) is 13.0. The highest BCUT2D eigenvalue weighted by Crippen LogP contribution is 2.29. The van der Waals surface area contributed by atoms with E-state index in [0.29, 0.717) is 0 Å². The zero-order valence-corrected chi connectivity index (χ0v) is 7.38. The molecule has 0 fully saturated rings. The lowest BCUT2D eigenvalue weighted by molar-refractivity contribution is 1.11. The van der Waals surface area contributed by atoms with Gasteiger partial charge in [-0.3, -0.25) is 0 Å². The largest absolute Gasteiger partial charge is 0.384 e. The van der Waals surface area contributed by atoms with Crippen LogP contribution in [0.2, 0.25) is 0 Å². The van der Waals surface area contributed by atoms with E-state index in [-0.39, 0.29) is 0 Å². The summed E-state index contributed by atoms with van der Waals surface area (Å²) in [5.41, 5.74) is 2.80. The second-order valence-electron chi connectivity index (χ2n) is 3.49. The molecule has 0 saturated heterocycles. The quantitative estimate of drug-likeness (QED) is 0.639. The van der Waals surface area contributed by atoms with Crippen molar-refractivity contribution in [2.45, 2.75) is 6.42 Å². The number of benzene rings is 2. The van der Waals surface area contributed by atoms with Crippen LogP contribution in [0.25, 0.3) is 10.8 Å². The van der Waals surface area contributed by atoms with Gasteiger partial charge in [0, 0.05) is 12.2 Å². The van der Waals surface area contributed by atoms with Crippen molar-refractivity contribution in [2.24, 2.45) is 0 Å². The Labute approximate surface area is 77.4 Å². The van der Waals surface area contributed by atoms with Crippen molar-refractivity contribution in [3.63, 3.8) is 0 Å². The molecule has 1 nitrogen and oxygen atoms in total. The number of hydrogen-bond acceptors (Lipinski definition) is 1. The predicted molar refractivity (Wildman–Crippen MR) is 56.1 cm³/mol. The van der Waals surface area contributed by atoms with Gasteiger partial charge in [-0.25, -0.2) is 0 Å². The Balaban J connectivity index is 2.43. The van der Waals surface area contributed by atoms with Crippen LogP contribution in [0.5, 0.6) is 0 Å². The topological polar surface area (TPSA) is 12.0 Å². The average molecular weight is 169 g/mol. The maximum Gasteiger partial charge on any atom is 0.0379 e. The summed E-state index contributed by atoms with van der Waals surface area (Å²) in [6.45, 7) is 1.09. The molecule has 64 valence electrons. The van der Waals surface area contributed by atoms with Crippen LogP contribution in [0, 0.1) is 0 Å². The lowest BCUT2D eigenvalue weighted by atomic mass is 10.0. The summed E-state index contributed by atoms with van der Waals surface area (Å²) < 4.78 is 0. The molecule has 1 N–H and O–H groups in total. The van der Waals surface area contributed by atoms with E-state index >= 15 is 0 Å². The molecule has 1 aliphatic rings. The van der Waals surface area contributed by atoms with Crippen molar-refractivity contribution in [1.29, 1.82) is 0 Å². The molecule has 0 radical (unpaired) electrons. The summed E-state index contributed by atoms with van der Waals surface area (Å²) in [5.74, 6) is 0. The minimum Gasteiger partial charge on any atom is -0.384 e. The number of hydrogen-bond donors (Lipinski definition) is 1. The van der Waals surface area contributed by atoms with Crippen LogP contribution in [0.15, 0.2) is 36.4 Å². The van der Waals surface area contributed by atoms with Crippen LogP contribution in [-0.4, -0.2) is 6.54 Å². The molecule has 13 heavy (non-hydrogen) atoms. The van der Waals surface area contributed by atoms with Gasteiger partial charge in [-0.05, 0) is 28.8 Å². The van der Waals surface area contributed by atoms with Gasteiger partial charge in [0.1, 0.15) is 0 Å². The molecule has 0 unspecified atom stereocenters. The fourth-order valence-corrected chi connectivity index (χ4v) is 2.09. The van der Waals surface area contributed by atoms with Gasteiger partial charge in [-0.1, -0.05) is 30.3 Å². The molecule has 0 amide bonds. The molecular weight excluding hydrogens is 158 g/mol. The van der Waals surface area contributed by atoms with Crippen molar-refractivity contribution >= 4 is 16.5 Å². The third kappa shape index (κ3) is 0.934. The van der Waals surface area contributed by atoms with Gasteiger partial charge >= 0.3 is 0 Å². The standard InChI is InChI=1S/C12H11N/c1-2-4-10-9(3-1)5-6-12-11(10)7-8-13-12/h1-6,13H,7-8H2. The van der Waals surface area contributed by atoms with Crippen LogP contribution in [0.3, 0.4) is 0 Å². The maximum absolute atomic E-state index is 3.39. The number of rotatable bonds is 0. The van der Waals surface area contributed by atoms with E-state index in [9.17, 15) is 0 Å². The smallest absolute Gasteiger partial charge is 0.0379 e. The van der Waals surface area contributed by atoms with Crippen LogP contribution < -0.4 is 5.32 Å². The first-order chi connectivity index (χ1) is 6.45. The molecule has 1 heteroatoms. The molecule has 3 rings (SSSR count). The van der Waals surface area contributed by atoms with E-state index in [1.54, 1.807) is 0 Å². The van der Waals surface area contributed by atoms with E-state index in [1.807, 2.05) is 0 Å². The van der Waals surface area contributed by atoms with Gasteiger partial charge in [0.25, 0.3) is 0 Å². The highest BCUT2D eigenvalue weighted by molar-refractivity contribution is 5.91. The van der Waals surface area contributed by atoms with Gasteiger partial charge in [-0.15, -0.1) is 0 Å². The second-order valence-corrected chi connectivity index (χ2v) is 3.49. The maximum atomic E-state index is 3.39. The third-order valence-corrected chi connectivity index (χ3v) is 2.73. The van der Waals surface area contributed by atoms with Crippen LogP contribution in [0.4, 0.5) is 5.69 Å². The highest BCUT2D eigenvalue weighted by atomic mass is 14.9. The third-order valence-electron chi connectivity index (χ3n) is 2.73. The fourth-order valence-electron chi connectivity index (χ4n) is 2.09. The van der Waals surface area contributed by atoms with Crippen molar-refractivity contribution < 1.29 is 0 Å². The first kappa shape index (κ1) is 6.96. The number of anilines is 1. The second kappa shape index (κ2) is 2.49. The Hall–Kier alpha value is -1.50. The fraction of sp³-hybridized carbons (Fsp3) is 0.167. The zero-order chi connectivity index (χ0) is 8.67. The Morgan fingerprint density at radius 1 is 1.00 bits per heavy atom. The summed E-state index contributed by atoms with van der Waals surface area (Å²) >= 11 is 0. The minimum atomic E-state index is 1.09. The Bertz CT molecular complexity index is 460. The number of fused-ring (bicyclic) bond motifs is 3. The molecule has 0 aromatic heterocycles. The van der Waals surface area contributed by atoms with E-state index in [4.69, 9.17) is 0 Å². The molecule has 0 aliphatic carbocycles. The highest BCUT2D eigenvalue weighted by Gasteiger charge is 2.11. The summed E-state index contributed by atoms with van der Waals surface area (Å²) in [7, 11) is 0. The molecular formula is C12H11N. The molecule has 0 spiro atoms. The van der Waals surface area contributed by atoms with Gasteiger partial charge in [0.2, 0.25) is 0 Å². The van der Waals surface area contributed by atoms with Crippen molar-refractivity contribution in [2.75, 3.05) is 11.9 Å². The summed E-state index contributed by atoms with van der Waals surface area (Å²) in [6.07, 6.45) is 1.16. The Kier molecular flexibility index (Phi) is 1.33.